The summed E-state index contributed by atoms with van der Waals surface area (Å²) in [7, 11) is 0. The SMILES string of the molecule is O=C1N/C(=C\C2NC(=O)Nc3ccccc32)c2ccc(Br)c(Br)c2N1. The highest BCUT2D eigenvalue weighted by Gasteiger charge is 2.26. The van der Waals surface area contributed by atoms with Crippen LogP contribution in [0.1, 0.15) is 17.2 Å². The van der Waals surface area contributed by atoms with Crippen molar-refractivity contribution in [3.05, 3.63) is 62.5 Å². The third-order valence-corrected chi connectivity index (χ3v) is 6.05. The van der Waals surface area contributed by atoms with Gasteiger partial charge in [-0.05, 0) is 56.1 Å². The normalized spacial score (nSPS) is 19.9. The predicted octanol–water partition coefficient (Wildman–Crippen LogP) is 4.56. The number of rotatable bonds is 1. The Balaban J connectivity index is 1.82. The Kier molecular flexibility index (Phi) is 4.01. The Bertz CT molecular complexity index is 942. The molecule has 2 aromatic rings. The minimum absolute atomic E-state index is 0.280. The Hall–Kier alpha value is -2.32. The zero-order chi connectivity index (χ0) is 17.6. The number of nitrogens with one attached hydrogen (secondary N) is 4. The summed E-state index contributed by atoms with van der Waals surface area (Å²) < 4.78 is 1.61. The molecule has 0 aromatic heterocycles. The van der Waals surface area contributed by atoms with Crippen molar-refractivity contribution in [2.75, 3.05) is 10.6 Å². The van der Waals surface area contributed by atoms with Gasteiger partial charge in [-0.1, -0.05) is 18.2 Å². The van der Waals surface area contributed by atoms with Gasteiger partial charge in [0, 0.05) is 21.3 Å². The van der Waals surface area contributed by atoms with E-state index in [1.54, 1.807) is 0 Å². The van der Waals surface area contributed by atoms with Gasteiger partial charge < -0.3 is 21.3 Å². The first-order valence-corrected chi connectivity index (χ1v) is 9.06. The molecular weight excluding hydrogens is 452 g/mol. The van der Waals surface area contributed by atoms with Crippen LogP contribution in [0, 0.1) is 0 Å². The zero-order valence-corrected chi connectivity index (χ0v) is 15.9. The maximum atomic E-state index is 12.1. The van der Waals surface area contributed by atoms with Crippen molar-refractivity contribution in [3.63, 3.8) is 0 Å². The summed E-state index contributed by atoms with van der Waals surface area (Å²) in [6.07, 6.45) is 1.84. The number of para-hydroxylation sites is 1. The fourth-order valence-electron chi connectivity index (χ4n) is 2.92. The van der Waals surface area contributed by atoms with Crippen molar-refractivity contribution >= 4 is 61.0 Å². The summed E-state index contributed by atoms with van der Waals surface area (Å²) in [4.78, 5) is 24.0. The second-order valence-electron chi connectivity index (χ2n) is 5.61. The van der Waals surface area contributed by atoms with Crippen LogP contribution in [0.4, 0.5) is 21.0 Å². The molecule has 0 saturated heterocycles. The minimum atomic E-state index is -0.353. The smallest absolute Gasteiger partial charge is 0.323 e. The minimum Gasteiger partial charge on any atom is -0.327 e. The molecule has 4 N–H and O–H groups in total. The number of benzene rings is 2. The summed E-state index contributed by atoms with van der Waals surface area (Å²) in [6.45, 7) is 0. The van der Waals surface area contributed by atoms with Crippen LogP contribution in [0.3, 0.4) is 0 Å². The fourth-order valence-corrected chi connectivity index (χ4v) is 3.70. The fraction of sp³-hybridized carbons (Fsp3) is 0.0588. The van der Waals surface area contributed by atoms with E-state index in [-0.39, 0.29) is 18.1 Å². The number of carbonyl (C=O) groups is 2. The molecule has 1 atom stereocenters. The first kappa shape index (κ1) is 16.2. The maximum absolute atomic E-state index is 12.1. The standard InChI is InChI=1S/C17H12Br2N4O2/c18-10-6-5-9-13(22-17(25)23-15(9)14(10)19)7-12-8-3-1-2-4-11(8)20-16(24)21-12/h1-7,12H,(H2,20,21,24)(H2,22,23,25)/b13-7-. The van der Waals surface area contributed by atoms with Crippen LogP contribution < -0.4 is 21.3 Å². The topological polar surface area (TPSA) is 82.3 Å². The van der Waals surface area contributed by atoms with E-state index in [0.717, 1.165) is 25.8 Å². The highest BCUT2D eigenvalue weighted by Crippen LogP contribution is 2.39. The second-order valence-corrected chi connectivity index (χ2v) is 7.25. The van der Waals surface area contributed by atoms with Crippen molar-refractivity contribution in [3.8, 4) is 0 Å². The second kappa shape index (κ2) is 6.20. The lowest BCUT2D eigenvalue weighted by molar-refractivity contribution is 0.249. The van der Waals surface area contributed by atoms with Crippen LogP contribution in [-0.4, -0.2) is 12.1 Å². The molecule has 2 aliphatic heterocycles. The molecular formula is C17H12Br2N4O2. The van der Waals surface area contributed by atoms with E-state index in [2.05, 4.69) is 53.1 Å². The maximum Gasteiger partial charge on any atom is 0.323 e. The van der Waals surface area contributed by atoms with E-state index in [0.29, 0.717) is 11.4 Å². The van der Waals surface area contributed by atoms with Gasteiger partial charge in [-0.25, -0.2) is 9.59 Å². The molecule has 2 heterocycles. The lowest BCUT2D eigenvalue weighted by Crippen LogP contribution is -2.38. The Labute approximate surface area is 160 Å². The number of carbonyl (C=O) groups excluding carboxylic acids is 2. The highest BCUT2D eigenvalue weighted by molar-refractivity contribution is 9.13. The van der Waals surface area contributed by atoms with Gasteiger partial charge in [-0.2, -0.15) is 0 Å². The number of fused-ring (bicyclic) bond motifs is 2. The molecule has 2 aromatic carbocycles. The van der Waals surface area contributed by atoms with Crippen LogP contribution in [-0.2, 0) is 0 Å². The van der Waals surface area contributed by atoms with Gasteiger partial charge in [0.25, 0.3) is 0 Å². The lowest BCUT2D eigenvalue weighted by Gasteiger charge is -2.28. The van der Waals surface area contributed by atoms with Crippen molar-refractivity contribution in [2.24, 2.45) is 0 Å². The van der Waals surface area contributed by atoms with Crippen molar-refractivity contribution in [1.82, 2.24) is 10.6 Å². The number of hydrogen-bond acceptors (Lipinski definition) is 2. The average Bonchev–Trinajstić information content (AvgIpc) is 2.58. The van der Waals surface area contributed by atoms with E-state index in [9.17, 15) is 9.59 Å². The number of hydrogen-bond donors (Lipinski definition) is 4. The van der Waals surface area contributed by atoms with Crippen molar-refractivity contribution in [1.29, 1.82) is 0 Å². The van der Waals surface area contributed by atoms with Gasteiger partial charge >= 0.3 is 12.1 Å². The largest absolute Gasteiger partial charge is 0.327 e. The third-order valence-electron chi connectivity index (χ3n) is 4.04. The summed E-state index contributed by atoms with van der Waals surface area (Å²) in [5.41, 5.74) is 3.83. The van der Waals surface area contributed by atoms with Crippen LogP contribution in [0.2, 0.25) is 0 Å². The van der Waals surface area contributed by atoms with E-state index in [1.807, 2.05) is 42.5 Å². The summed E-state index contributed by atoms with van der Waals surface area (Å²) in [5.74, 6) is 0. The number of anilines is 2. The molecule has 0 radical (unpaired) electrons. The molecule has 0 spiro atoms. The van der Waals surface area contributed by atoms with Gasteiger partial charge in [-0.3, -0.25) is 0 Å². The molecule has 4 rings (SSSR count). The first-order chi connectivity index (χ1) is 12.0. The molecule has 126 valence electrons. The van der Waals surface area contributed by atoms with Gasteiger partial charge in [-0.15, -0.1) is 0 Å². The molecule has 1 unspecified atom stereocenters. The quantitative estimate of drug-likeness (QED) is 0.499. The molecule has 2 aliphatic rings. The van der Waals surface area contributed by atoms with Gasteiger partial charge in [0.05, 0.1) is 21.9 Å². The number of halogens is 2. The lowest BCUT2D eigenvalue weighted by atomic mass is 9.98. The summed E-state index contributed by atoms with van der Waals surface area (Å²) in [5, 5.41) is 11.3. The van der Waals surface area contributed by atoms with Gasteiger partial charge in [0.15, 0.2) is 0 Å². The predicted molar refractivity (Wildman–Crippen MR) is 103 cm³/mol. The van der Waals surface area contributed by atoms with E-state index < -0.39 is 0 Å². The molecule has 0 aliphatic carbocycles. The molecule has 8 heteroatoms. The van der Waals surface area contributed by atoms with Gasteiger partial charge in [0.2, 0.25) is 0 Å². The van der Waals surface area contributed by atoms with Gasteiger partial charge in [0.1, 0.15) is 0 Å². The molecule has 0 saturated carbocycles. The Morgan fingerprint density at radius 3 is 2.56 bits per heavy atom. The molecule has 0 bridgehead atoms. The van der Waals surface area contributed by atoms with Crippen LogP contribution in [0.5, 0.6) is 0 Å². The number of amides is 4. The average molecular weight is 464 g/mol. The van der Waals surface area contributed by atoms with E-state index >= 15 is 0 Å². The Morgan fingerprint density at radius 1 is 0.920 bits per heavy atom. The van der Waals surface area contributed by atoms with Crippen molar-refractivity contribution in [2.45, 2.75) is 6.04 Å². The van der Waals surface area contributed by atoms with Crippen molar-refractivity contribution < 1.29 is 9.59 Å². The number of urea groups is 2. The van der Waals surface area contributed by atoms with E-state index in [4.69, 9.17) is 0 Å². The zero-order valence-electron chi connectivity index (χ0n) is 12.7. The molecule has 25 heavy (non-hydrogen) atoms. The Morgan fingerprint density at radius 2 is 1.72 bits per heavy atom. The first-order valence-electron chi connectivity index (χ1n) is 7.47. The van der Waals surface area contributed by atoms with E-state index in [1.165, 1.54) is 0 Å². The summed E-state index contributed by atoms with van der Waals surface area (Å²) in [6, 6.07) is 10.4. The third kappa shape index (κ3) is 2.91. The molecule has 6 nitrogen and oxygen atoms in total. The van der Waals surface area contributed by atoms with Crippen LogP contribution >= 0.6 is 31.9 Å². The monoisotopic (exact) mass is 462 g/mol. The highest BCUT2D eigenvalue weighted by atomic mass is 79.9. The summed E-state index contributed by atoms with van der Waals surface area (Å²) >= 11 is 6.92. The molecule has 0 fully saturated rings. The molecule has 4 amide bonds. The van der Waals surface area contributed by atoms with Crippen LogP contribution in [0.25, 0.3) is 5.70 Å². The van der Waals surface area contributed by atoms with Crippen LogP contribution in [0.15, 0.2) is 51.4 Å².